The van der Waals surface area contributed by atoms with Gasteiger partial charge in [0, 0.05) is 17.1 Å². The predicted octanol–water partition coefficient (Wildman–Crippen LogP) is 7.83. The van der Waals surface area contributed by atoms with Gasteiger partial charge in [0.2, 0.25) is 0 Å². The van der Waals surface area contributed by atoms with E-state index in [1.807, 2.05) is 0 Å². The monoisotopic (exact) mass is 559 g/mol. The van der Waals surface area contributed by atoms with Gasteiger partial charge < -0.3 is 4.90 Å². The molecule has 0 saturated heterocycles. The van der Waals surface area contributed by atoms with Gasteiger partial charge >= 0.3 is 0 Å². The highest BCUT2D eigenvalue weighted by atomic mass is 28.3. The van der Waals surface area contributed by atoms with Crippen LogP contribution < -0.4 is 25.6 Å². The zero-order chi connectivity index (χ0) is 29.0. The van der Waals surface area contributed by atoms with Crippen LogP contribution in [0.1, 0.15) is 26.3 Å². The van der Waals surface area contributed by atoms with Crippen molar-refractivity contribution in [2.75, 3.05) is 4.90 Å². The van der Waals surface area contributed by atoms with Crippen molar-refractivity contribution in [2.45, 2.75) is 26.2 Å². The number of benzene rings is 6. The first-order chi connectivity index (χ1) is 20.5. The Morgan fingerprint density at radius 2 is 0.667 bits per heavy atom. The van der Waals surface area contributed by atoms with Gasteiger partial charge in [0.1, 0.15) is 0 Å². The fourth-order valence-electron chi connectivity index (χ4n) is 6.06. The van der Waals surface area contributed by atoms with E-state index in [1.165, 1.54) is 26.3 Å². The molecule has 0 spiro atoms. The molecule has 206 valence electrons. The van der Waals surface area contributed by atoms with Crippen molar-refractivity contribution in [3.8, 4) is 0 Å². The lowest BCUT2D eigenvalue weighted by atomic mass is 9.87. The molecular formula is C40H37NSi. The third-order valence-corrected chi connectivity index (χ3v) is 13.0. The van der Waals surface area contributed by atoms with Crippen LogP contribution in [0.2, 0.25) is 0 Å². The first-order valence-corrected chi connectivity index (χ1v) is 16.7. The van der Waals surface area contributed by atoms with Crippen LogP contribution >= 0.6 is 0 Å². The Bertz CT molecular complexity index is 1610. The summed E-state index contributed by atoms with van der Waals surface area (Å²) in [6, 6.07) is 62.3. The molecule has 1 nitrogen and oxygen atoms in total. The SMILES string of the molecule is CC(C)(C)c1ccc(N(c2ccccc2)c2ccc([Si](c3ccccc3)(c3ccccc3)c3ccccc3)cc2)cc1. The Kier molecular flexibility index (Phi) is 7.65. The average molecular weight is 560 g/mol. The maximum atomic E-state index is 2.37. The molecule has 0 aliphatic carbocycles. The summed E-state index contributed by atoms with van der Waals surface area (Å²) in [5, 5.41) is 5.51. The van der Waals surface area contributed by atoms with Crippen LogP contribution in [0.4, 0.5) is 17.1 Å². The highest BCUT2D eigenvalue weighted by Gasteiger charge is 2.41. The maximum Gasteiger partial charge on any atom is 0.179 e. The van der Waals surface area contributed by atoms with Crippen LogP contribution in [0, 0.1) is 0 Å². The molecule has 0 amide bonds. The molecule has 0 radical (unpaired) electrons. The summed E-state index contributed by atoms with van der Waals surface area (Å²) in [5.74, 6) is 0. The topological polar surface area (TPSA) is 3.24 Å². The van der Waals surface area contributed by atoms with E-state index in [0.29, 0.717) is 0 Å². The van der Waals surface area contributed by atoms with Crippen molar-refractivity contribution in [3.63, 3.8) is 0 Å². The highest BCUT2D eigenvalue weighted by molar-refractivity contribution is 7.19. The molecule has 0 heterocycles. The molecule has 0 bridgehead atoms. The van der Waals surface area contributed by atoms with Crippen LogP contribution in [-0.2, 0) is 5.41 Å². The smallest absolute Gasteiger partial charge is 0.179 e. The maximum absolute atomic E-state index is 2.56. The second kappa shape index (κ2) is 11.7. The fraction of sp³-hybridized carbons (Fsp3) is 0.100. The molecule has 0 aromatic heterocycles. The summed E-state index contributed by atoms with van der Waals surface area (Å²) >= 11 is 0. The van der Waals surface area contributed by atoms with Crippen molar-refractivity contribution in [2.24, 2.45) is 0 Å². The summed E-state index contributed by atoms with van der Waals surface area (Å²) in [5.41, 5.74) is 4.88. The molecule has 0 atom stereocenters. The summed E-state index contributed by atoms with van der Waals surface area (Å²) < 4.78 is 0. The quantitative estimate of drug-likeness (QED) is 0.142. The molecular weight excluding hydrogens is 523 g/mol. The van der Waals surface area contributed by atoms with E-state index in [-0.39, 0.29) is 5.41 Å². The molecule has 2 heteroatoms. The van der Waals surface area contributed by atoms with Crippen molar-refractivity contribution in [1.29, 1.82) is 0 Å². The van der Waals surface area contributed by atoms with Crippen LogP contribution in [0.25, 0.3) is 0 Å². The molecule has 0 aliphatic rings. The van der Waals surface area contributed by atoms with Crippen LogP contribution in [0.15, 0.2) is 170 Å². The average Bonchev–Trinajstić information content (AvgIpc) is 3.04. The Labute approximate surface area is 251 Å². The second-order valence-electron chi connectivity index (χ2n) is 11.9. The van der Waals surface area contributed by atoms with E-state index in [9.17, 15) is 0 Å². The van der Waals surface area contributed by atoms with E-state index in [1.54, 1.807) is 0 Å². The fourth-order valence-corrected chi connectivity index (χ4v) is 10.8. The van der Waals surface area contributed by atoms with E-state index < -0.39 is 8.07 Å². The van der Waals surface area contributed by atoms with Gasteiger partial charge in [0.25, 0.3) is 0 Å². The van der Waals surface area contributed by atoms with Gasteiger partial charge in [-0.3, -0.25) is 0 Å². The summed E-state index contributed by atoms with van der Waals surface area (Å²) in [6.45, 7) is 6.79. The van der Waals surface area contributed by atoms with E-state index in [2.05, 4.69) is 196 Å². The molecule has 6 aromatic carbocycles. The summed E-state index contributed by atoms with van der Waals surface area (Å²) in [7, 11) is -2.56. The minimum Gasteiger partial charge on any atom is -0.311 e. The van der Waals surface area contributed by atoms with Crippen molar-refractivity contribution < 1.29 is 0 Å². The van der Waals surface area contributed by atoms with Gasteiger partial charge in [-0.05, 0) is 68.1 Å². The zero-order valence-corrected chi connectivity index (χ0v) is 25.6. The van der Waals surface area contributed by atoms with Crippen LogP contribution in [0.3, 0.4) is 0 Å². The molecule has 6 aromatic rings. The van der Waals surface area contributed by atoms with Gasteiger partial charge in [-0.1, -0.05) is 154 Å². The number of para-hydroxylation sites is 1. The Balaban J connectivity index is 1.53. The zero-order valence-electron chi connectivity index (χ0n) is 24.6. The van der Waals surface area contributed by atoms with Gasteiger partial charge in [0.05, 0.1) is 0 Å². The Morgan fingerprint density at radius 1 is 0.357 bits per heavy atom. The van der Waals surface area contributed by atoms with Gasteiger partial charge in [-0.25, -0.2) is 0 Å². The number of rotatable bonds is 7. The van der Waals surface area contributed by atoms with E-state index in [4.69, 9.17) is 0 Å². The van der Waals surface area contributed by atoms with Crippen LogP contribution in [-0.4, -0.2) is 8.07 Å². The first kappa shape index (κ1) is 27.5. The normalized spacial score (nSPS) is 11.7. The largest absolute Gasteiger partial charge is 0.311 e. The number of hydrogen-bond donors (Lipinski definition) is 0. The van der Waals surface area contributed by atoms with Crippen LogP contribution in [0.5, 0.6) is 0 Å². The van der Waals surface area contributed by atoms with Gasteiger partial charge in [-0.2, -0.15) is 0 Å². The highest BCUT2D eigenvalue weighted by Crippen LogP contribution is 2.35. The third kappa shape index (κ3) is 5.22. The van der Waals surface area contributed by atoms with Crippen molar-refractivity contribution in [1.82, 2.24) is 0 Å². The van der Waals surface area contributed by atoms with Crippen molar-refractivity contribution in [3.05, 3.63) is 175 Å². The predicted molar refractivity (Wildman–Crippen MR) is 183 cm³/mol. The first-order valence-electron chi connectivity index (χ1n) is 14.7. The molecule has 0 unspecified atom stereocenters. The molecule has 0 aliphatic heterocycles. The molecule has 6 rings (SSSR count). The van der Waals surface area contributed by atoms with Crippen molar-refractivity contribution >= 4 is 45.9 Å². The van der Waals surface area contributed by atoms with E-state index >= 15 is 0 Å². The number of anilines is 3. The standard InChI is InChI=1S/C40H37NSi/c1-40(2,3)32-24-26-34(27-25-32)41(33-16-8-4-9-17-33)35-28-30-39(31-29-35)42(36-18-10-5-11-19-36,37-20-12-6-13-21-37)38-22-14-7-15-23-38/h4-31H,1-3H3. The molecule has 0 fully saturated rings. The number of nitrogens with zero attached hydrogens (tertiary/aromatic N) is 1. The Hall–Kier alpha value is -4.66. The number of hydrogen-bond acceptors (Lipinski definition) is 1. The minimum absolute atomic E-state index is 0.109. The van der Waals surface area contributed by atoms with E-state index in [0.717, 1.165) is 17.1 Å². The molecule has 0 N–H and O–H groups in total. The molecule has 0 saturated carbocycles. The lowest BCUT2D eigenvalue weighted by molar-refractivity contribution is 0.590. The molecule has 42 heavy (non-hydrogen) atoms. The van der Waals surface area contributed by atoms with Gasteiger partial charge in [-0.15, -0.1) is 0 Å². The third-order valence-electron chi connectivity index (χ3n) is 8.18. The summed E-state index contributed by atoms with van der Waals surface area (Å²) in [6.07, 6.45) is 0. The lowest BCUT2D eigenvalue weighted by Gasteiger charge is -2.35. The summed E-state index contributed by atoms with van der Waals surface area (Å²) in [4.78, 5) is 2.35. The van der Waals surface area contributed by atoms with Gasteiger partial charge in [0.15, 0.2) is 8.07 Å². The second-order valence-corrected chi connectivity index (χ2v) is 15.7. The lowest BCUT2D eigenvalue weighted by Crippen LogP contribution is -2.74. The Morgan fingerprint density at radius 3 is 1.05 bits per heavy atom. The minimum atomic E-state index is -2.56.